The second kappa shape index (κ2) is 5.84. The summed E-state index contributed by atoms with van der Waals surface area (Å²) >= 11 is 5.12. The number of hydrogen-bond donors (Lipinski definition) is 1. The van der Waals surface area contributed by atoms with Gasteiger partial charge >= 0.3 is 6.03 Å². The molecule has 7 nitrogen and oxygen atoms in total. The maximum Gasteiger partial charge on any atom is 0.421 e. The number of nitrogens with one attached hydrogen (secondary N) is 1. The van der Waals surface area contributed by atoms with Crippen molar-refractivity contribution in [2.45, 2.75) is 25.3 Å². The van der Waals surface area contributed by atoms with Crippen molar-refractivity contribution in [3.8, 4) is 0 Å². The number of carbonyl (C=O) groups is 1. The van der Waals surface area contributed by atoms with Gasteiger partial charge in [-0.05, 0) is 11.3 Å². The van der Waals surface area contributed by atoms with Gasteiger partial charge in [-0.25, -0.2) is 9.44 Å². The van der Waals surface area contributed by atoms with Gasteiger partial charge in [0.2, 0.25) is 0 Å². The van der Waals surface area contributed by atoms with E-state index >= 15 is 0 Å². The lowest BCUT2D eigenvalue weighted by Crippen LogP contribution is -2.59. The Morgan fingerprint density at radius 2 is 2.05 bits per heavy atom. The van der Waals surface area contributed by atoms with Gasteiger partial charge in [0.1, 0.15) is 11.7 Å². The van der Waals surface area contributed by atoms with E-state index in [-0.39, 0.29) is 11.4 Å². The summed E-state index contributed by atoms with van der Waals surface area (Å²) in [6, 6.07) is 3.95. The summed E-state index contributed by atoms with van der Waals surface area (Å²) in [6.07, 6.45) is 1.59. The fourth-order valence-corrected chi connectivity index (χ4v) is 2.87. The quantitative estimate of drug-likeness (QED) is 0.401. The molecule has 2 atom stereocenters. The summed E-state index contributed by atoms with van der Waals surface area (Å²) in [6.45, 7) is 0. The number of thiocarbonyl (C=S) groups is 1. The molecule has 1 aromatic rings. The Hall–Kier alpha value is -1.90. The third kappa shape index (κ3) is 2.78. The van der Waals surface area contributed by atoms with E-state index in [2.05, 4.69) is 5.32 Å². The molecule has 0 aliphatic heterocycles. The van der Waals surface area contributed by atoms with Crippen molar-refractivity contribution in [3.05, 3.63) is 39.6 Å². The Morgan fingerprint density at radius 3 is 2.48 bits per heavy atom. The highest BCUT2D eigenvalue weighted by molar-refractivity contribution is 7.80. The summed E-state index contributed by atoms with van der Waals surface area (Å²) in [5, 5.41) is 26.2. The number of quaternary nitrogens is 1. The number of hydroxylamine groups is 2. The first-order chi connectivity index (χ1) is 9.89. The largest absolute Gasteiger partial charge is 0.618 e. The third-order valence-electron chi connectivity index (χ3n) is 3.69. The first-order valence-corrected chi connectivity index (χ1v) is 6.89. The fraction of sp³-hybridized carbons (Fsp3) is 0.385. The van der Waals surface area contributed by atoms with Gasteiger partial charge < -0.3 is 10.5 Å². The number of hydrogen-bond acceptors (Lipinski definition) is 5. The minimum Gasteiger partial charge on any atom is -0.618 e. The molecule has 1 aromatic carbocycles. The zero-order valence-corrected chi connectivity index (χ0v) is 12.3. The molecule has 1 N–H and O–H groups in total. The molecule has 0 spiro atoms. The molecule has 1 saturated carbocycles. The van der Waals surface area contributed by atoms with Gasteiger partial charge in [-0.3, -0.25) is 10.1 Å². The number of amides is 2. The molecule has 1 fully saturated rings. The van der Waals surface area contributed by atoms with Crippen LogP contribution in [0.4, 0.5) is 16.2 Å². The first kappa shape index (κ1) is 15.5. The standard InChI is InChI=1S/C13H15N3O4S/c1-14-13(17)16(20,11-6-7-12(21)8-11)10-4-2-9(3-5-10)15(18)19/h2-5,11H,6-8H2,1H3,(H,14,17)/t11-,16+/m0/s1. The monoisotopic (exact) mass is 309 g/mol. The molecule has 1 aliphatic carbocycles. The Morgan fingerprint density at radius 1 is 1.43 bits per heavy atom. The molecular formula is C13H15N3O4S. The zero-order chi connectivity index (χ0) is 15.6. The van der Waals surface area contributed by atoms with Crippen LogP contribution in [0, 0.1) is 15.3 Å². The number of benzene rings is 1. The molecular weight excluding hydrogens is 294 g/mol. The van der Waals surface area contributed by atoms with Crippen molar-refractivity contribution in [1.82, 2.24) is 9.96 Å². The fourth-order valence-electron chi connectivity index (χ4n) is 2.56. The molecule has 1 aliphatic rings. The molecule has 0 unspecified atom stereocenters. The molecule has 0 heterocycles. The Balaban J connectivity index is 2.42. The van der Waals surface area contributed by atoms with Crippen LogP contribution in [0.25, 0.3) is 0 Å². The maximum atomic E-state index is 13.2. The lowest BCUT2D eigenvalue weighted by molar-refractivity contribution is -0.384. The highest BCUT2D eigenvalue weighted by atomic mass is 32.1. The Kier molecular flexibility index (Phi) is 4.31. The number of nitro groups is 1. The summed E-state index contributed by atoms with van der Waals surface area (Å²) in [5.41, 5.74) is 0.0544. The Bertz CT molecular complexity index is 590. The van der Waals surface area contributed by atoms with Gasteiger partial charge in [0.25, 0.3) is 5.69 Å². The van der Waals surface area contributed by atoms with Crippen LogP contribution < -0.4 is 9.96 Å². The van der Waals surface area contributed by atoms with Crippen LogP contribution >= 0.6 is 12.2 Å². The average Bonchev–Trinajstić information content (AvgIpc) is 2.92. The Labute approximate surface area is 126 Å². The van der Waals surface area contributed by atoms with Crippen LogP contribution in [-0.4, -0.2) is 28.9 Å². The number of nitrogens with zero attached hydrogens (tertiary/aromatic N) is 2. The molecule has 0 aromatic heterocycles. The lowest BCUT2D eigenvalue weighted by atomic mass is 10.1. The van der Waals surface area contributed by atoms with Crippen molar-refractivity contribution >= 4 is 34.5 Å². The smallest absolute Gasteiger partial charge is 0.421 e. The second-order valence-electron chi connectivity index (χ2n) is 4.92. The summed E-state index contributed by atoms with van der Waals surface area (Å²) in [4.78, 5) is 23.0. The topological polar surface area (TPSA) is 95.3 Å². The molecule has 2 rings (SSSR count). The van der Waals surface area contributed by atoms with E-state index in [1.54, 1.807) is 0 Å². The minimum atomic E-state index is -1.19. The molecule has 0 radical (unpaired) electrons. The molecule has 8 heteroatoms. The second-order valence-corrected chi connectivity index (χ2v) is 5.50. The molecule has 112 valence electrons. The van der Waals surface area contributed by atoms with Gasteiger partial charge in [0, 0.05) is 44.2 Å². The molecule has 2 amide bonds. The van der Waals surface area contributed by atoms with Crippen LogP contribution in [0.1, 0.15) is 19.3 Å². The SMILES string of the molecule is CNC(=O)[N@@+]([O-])(c1ccc([N+](=O)[O-])cc1)[C@H]1CCC(=S)C1. The van der Waals surface area contributed by atoms with Gasteiger partial charge in [-0.15, -0.1) is 0 Å². The predicted octanol–water partition coefficient (Wildman–Crippen LogP) is 2.66. The third-order valence-corrected chi connectivity index (χ3v) is 4.06. The van der Waals surface area contributed by atoms with Crippen molar-refractivity contribution in [2.75, 3.05) is 7.05 Å². The summed E-state index contributed by atoms with van der Waals surface area (Å²) in [5.74, 6) is 0. The average molecular weight is 309 g/mol. The van der Waals surface area contributed by atoms with Crippen LogP contribution in [0.3, 0.4) is 0 Å². The van der Waals surface area contributed by atoms with Gasteiger partial charge in [0.15, 0.2) is 0 Å². The lowest BCUT2D eigenvalue weighted by Gasteiger charge is -2.43. The zero-order valence-electron chi connectivity index (χ0n) is 11.4. The highest BCUT2D eigenvalue weighted by Gasteiger charge is 2.41. The highest BCUT2D eigenvalue weighted by Crippen LogP contribution is 2.34. The van der Waals surface area contributed by atoms with Gasteiger partial charge in [-0.1, -0.05) is 12.2 Å². The van der Waals surface area contributed by atoms with E-state index < -0.39 is 21.6 Å². The van der Waals surface area contributed by atoms with E-state index in [1.807, 2.05) is 0 Å². The van der Waals surface area contributed by atoms with Crippen LogP contribution in [0.15, 0.2) is 24.3 Å². The van der Waals surface area contributed by atoms with Crippen molar-refractivity contribution in [3.63, 3.8) is 0 Å². The van der Waals surface area contributed by atoms with Crippen molar-refractivity contribution in [1.29, 1.82) is 0 Å². The van der Waals surface area contributed by atoms with Crippen LogP contribution in [0.2, 0.25) is 0 Å². The number of rotatable bonds is 3. The van der Waals surface area contributed by atoms with Crippen molar-refractivity contribution < 1.29 is 9.72 Å². The first-order valence-electron chi connectivity index (χ1n) is 6.48. The number of nitro benzene ring substituents is 1. The van der Waals surface area contributed by atoms with Crippen LogP contribution in [0.5, 0.6) is 0 Å². The maximum absolute atomic E-state index is 13.2. The molecule has 0 bridgehead atoms. The normalized spacial score (nSPS) is 20.9. The van der Waals surface area contributed by atoms with E-state index in [4.69, 9.17) is 12.2 Å². The summed E-state index contributed by atoms with van der Waals surface area (Å²) < 4.78 is -1.19. The number of non-ortho nitro benzene ring substituents is 1. The summed E-state index contributed by atoms with van der Waals surface area (Å²) in [7, 11) is 1.39. The number of carbonyl (C=O) groups excluding carboxylic acids is 1. The van der Waals surface area contributed by atoms with E-state index in [1.165, 1.54) is 31.3 Å². The molecule has 0 saturated heterocycles. The van der Waals surface area contributed by atoms with E-state index in [9.17, 15) is 20.1 Å². The van der Waals surface area contributed by atoms with E-state index in [0.717, 1.165) is 4.86 Å². The van der Waals surface area contributed by atoms with E-state index in [0.29, 0.717) is 19.3 Å². The minimum absolute atomic E-state index is 0.121. The molecule has 21 heavy (non-hydrogen) atoms. The van der Waals surface area contributed by atoms with Gasteiger partial charge in [-0.2, -0.15) is 0 Å². The van der Waals surface area contributed by atoms with Gasteiger partial charge in [0.05, 0.1) is 4.92 Å². The number of urea groups is 1. The predicted molar refractivity (Wildman–Crippen MR) is 83.0 cm³/mol. The van der Waals surface area contributed by atoms with Crippen molar-refractivity contribution in [2.24, 2.45) is 0 Å². The van der Waals surface area contributed by atoms with Crippen LogP contribution in [-0.2, 0) is 0 Å².